The molecule has 1 atom stereocenters. The first-order chi connectivity index (χ1) is 7.72. The standard InChI is InChI=1S/C12H15N3O/c1-8-5-6-15-11(7-8)13-12(14-15)10-4-3-9(2)16-10/h3-4,8H,5-7H2,1-2H3. The van der Waals surface area contributed by atoms with Crippen LogP contribution in [-0.2, 0) is 13.0 Å². The molecule has 3 rings (SSSR count). The smallest absolute Gasteiger partial charge is 0.217 e. The summed E-state index contributed by atoms with van der Waals surface area (Å²) in [5, 5.41) is 4.48. The molecule has 84 valence electrons. The predicted molar refractivity (Wildman–Crippen MR) is 59.9 cm³/mol. The van der Waals surface area contributed by atoms with Crippen LogP contribution in [0.25, 0.3) is 11.6 Å². The van der Waals surface area contributed by atoms with Crippen LogP contribution < -0.4 is 0 Å². The number of rotatable bonds is 1. The highest BCUT2D eigenvalue weighted by Crippen LogP contribution is 2.23. The Kier molecular flexibility index (Phi) is 2.09. The zero-order chi connectivity index (χ0) is 11.1. The first kappa shape index (κ1) is 9.63. The van der Waals surface area contributed by atoms with Crippen molar-refractivity contribution in [3.63, 3.8) is 0 Å². The first-order valence-corrected chi connectivity index (χ1v) is 5.73. The molecule has 0 amide bonds. The average molecular weight is 217 g/mol. The van der Waals surface area contributed by atoms with Crippen molar-refractivity contribution in [1.29, 1.82) is 0 Å². The number of fused-ring (bicyclic) bond motifs is 1. The summed E-state index contributed by atoms with van der Waals surface area (Å²) in [6, 6.07) is 3.87. The second-order valence-corrected chi connectivity index (χ2v) is 4.58. The van der Waals surface area contributed by atoms with E-state index in [2.05, 4.69) is 17.0 Å². The molecule has 2 aromatic rings. The molecule has 0 bridgehead atoms. The van der Waals surface area contributed by atoms with Gasteiger partial charge in [0.2, 0.25) is 5.82 Å². The largest absolute Gasteiger partial charge is 0.458 e. The van der Waals surface area contributed by atoms with Crippen LogP contribution in [0, 0.1) is 12.8 Å². The Labute approximate surface area is 94.3 Å². The molecule has 3 heterocycles. The molecule has 0 N–H and O–H groups in total. The predicted octanol–water partition coefficient (Wildman–Crippen LogP) is 2.43. The van der Waals surface area contributed by atoms with E-state index in [4.69, 9.17) is 4.42 Å². The Morgan fingerprint density at radius 3 is 3.06 bits per heavy atom. The van der Waals surface area contributed by atoms with Gasteiger partial charge in [0.15, 0.2) is 5.76 Å². The molecule has 1 aliphatic heterocycles. The minimum atomic E-state index is 0.711. The summed E-state index contributed by atoms with van der Waals surface area (Å²) in [7, 11) is 0. The van der Waals surface area contributed by atoms with Crippen LogP contribution in [0.5, 0.6) is 0 Å². The Morgan fingerprint density at radius 2 is 2.31 bits per heavy atom. The fourth-order valence-corrected chi connectivity index (χ4v) is 2.12. The number of furan rings is 1. The molecule has 0 aromatic carbocycles. The third-order valence-electron chi connectivity index (χ3n) is 3.07. The molecule has 4 nitrogen and oxygen atoms in total. The molecule has 0 radical (unpaired) electrons. The summed E-state index contributed by atoms with van der Waals surface area (Å²) in [6.45, 7) is 5.17. The molecule has 2 aromatic heterocycles. The Hall–Kier alpha value is -1.58. The highest BCUT2D eigenvalue weighted by Gasteiger charge is 2.20. The lowest BCUT2D eigenvalue weighted by atomic mass is 10.0. The zero-order valence-electron chi connectivity index (χ0n) is 9.60. The van der Waals surface area contributed by atoms with Gasteiger partial charge in [-0.15, -0.1) is 5.10 Å². The van der Waals surface area contributed by atoms with E-state index in [0.717, 1.165) is 36.1 Å². The first-order valence-electron chi connectivity index (χ1n) is 5.73. The van der Waals surface area contributed by atoms with Gasteiger partial charge in [-0.3, -0.25) is 0 Å². The highest BCUT2D eigenvalue weighted by atomic mass is 16.3. The second-order valence-electron chi connectivity index (χ2n) is 4.58. The van der Waals surface area contributed by atoms with Gasteiger partial charge in [0, 0.05) is 13.0 Å². The van der Waals surface area contributed by atoms with E-state index in [1.807, 2.05) is 23.7 Å². The lowest BCUT2D eigenvalue weighted by Gasteiger charge is -2.17. The zero-order valence-corrected chi connectivity index (χ0v) is 9.60. The van der Waals surface area contributed by atoms with Crippen LogP contribution in [0.2, 0.25) is 0 Å². The summed E-state index contributed by atoms with van der Waals surface area (Å²) in [6.07, 6.45) is 2.21. The van der Waals surface area contributed by atoms with Crippen LogP contribution in [-0.4, -0.2) is 14.8 Å². The highest BCUT2D eigenvalue weighted by molar-refractivity contribution is 5.46. The summed E-state index contributed by atoms with van der Waals surface area (Å²) in [5.41, 5.74) is 0. The summed E-state index contributed by atoms with van der Waals surface area (Å²) < 4.78 is 7.54. The van der Waals surface area contributed by atoms with Gasteiger partial charge in [0.25, 0.3) is 0 Å². The molecule has 0 saturated carbocycles. The van der Waals surface area contributed by atoms with Gasteiger partial charge in [0.05, 0.1) is 0 Å². The van der Waals surface area contributed by atoms with Gasteiger partial charge < -0.3 is 4.42 Å². The topological polar surface area (TPSA) is 43.9 Å². The number of nitrogens with zero attached hydrogens (tertiary/aromatic N) is 3. The molecule has 4 heteroatoms. The number of aryl methyl sites for hydroxylation is 2. The molecule has 0 saturated heterocycles. The number of hydrogen-bond donors (Lipinski definition) is 0. The molecule has 16 heavy (non-hydrogen) atoms. The summed E-state index contributed by atoms with van der Waals surface area (Å²) in [5.74, 6) is 4.19. The van der Waals surface area contributed by atoms with E-state index in [-0.39, 0.29) is 0 Å². The minimum Gasteiger partial charge on any atom is -0.458 e. The van der Waals surface area contributed by atoms with Gasteiger partial charge in [0.1, 0.15) is 11.6 Å². The van der Waals surface area contributed by atoms with Crippen molar-refractivity contribution in [1.82, 2.24) is 14.8 Å². The van der Waals surface area contributed by atoms with Gasteiger partial charge >= 0.3 is 0 Å². The Morgan fingerprint density at radius 1 is 1.44 bits per heavy atom. The van der Waals surface area contributed by atoms with Crippen LogP contribution in [0.15, 0.2) is 16.5 Å². The Bertz CT molecular complexity index is 512. The van der Waals surface area contributed by atoms with Crippen molar-refractivity contribution >= 4 is 0 Å². The number of aromatic nitrogens is 3. The maximum atomic E-state index is 5.54. The number of hydrogen-bond acceptors (Lipinski definition) is 3. The van der Waals surface area contributed by atoms with E-state index in [1.54, 1.807) is 0 Å². The van der Waals surface area contributed by atoms with E-state index in [9.17, 15) is 0 Å². The van der Waals surface area contributed by atoms with E-state index < -0.39 is 0 Å². The average Bonchev–Trinajstić information content (AvgIpc) is 2.83. The molecule has 0 fully saturated rings. The molecule has 1 aliphatic rings. The monoisotopic (exact) mass is 217 g/mol. The fourth-order valence-electron chi connectivity index (χ4n) is 2.12. The third-order valence-corrected chi connectivity index (χ3v) is 3.07. The SMILES string of the molecule is Cc1ccc(-c2nc3n(n2)CCC(C)C3)o1. The van der Waals surface area contributed by atoms with Gasteiger partial charge in [-0.05, 0) is 31.4 Å². The normalized spacial score (nSPS) is 19.8. The van der Waals surface area contributed by atoms with Crippen molar-refractivity contribution in [2.45, 2.75) is 33.2 Å². The molecule has 1 unspecified atom stereocenters. The van der Waals surface area contributed by atoms with Crippen LogP contribution >= 0.6 is 0 Å². The molecule has 0 aliphatic carbocycles. The van der Waals surface area contributed by atoms with Crippen molar-refractivity contribution in [3.05, 3.63) is 23.7 Å². The van der Waals surface area contributed by atoms with Crippen molar-refractivity contribution in [2.75, 3.05) is 0 Å². The van der Waals surface area contributed by atoms with Gasteiger partial charge in [-0.2, -0.15) is 0 Å². The van der Waals surface area contributed by atoms with Crippen molar-refractivity contribution < 1.29 is 4.42 Å². The molecular formula is C12H15N3O. The van der Waals surface area contributed by atoms with Crippen LogP contribution in [0.3, 0.4) is 0 Å². The molecule has 0 spiro atoms. The Balaban J connectivity index is 1.98. The van der Waals surface area contributed by atoms with E-state index in [0.29, 0.717) is 5.92 Å². The van der Waals surface area contributed by atoms with Gasteiger partial charge in [-0.1, -0.05) is 6.92 Å². The summed E-state index contributed by atoms with van der Waals surface area (Å²) >= 11 is 0. The van der Waals surface area contributed by atoms with Crippen molar-refractivity contribution in [3.8, 4) is 11.6 Å². The van der Waals surface area contributed by atoms with Gasteiger partial charge in [-0.25, -0.2) is 9.67 Å². The van der Waals surface area contributed by atoms with Crippen LogP contribution in [0.4, 0.5) is 0 Å². The third kappa shape index (κ3) is 1.54. The van der Waals surface area contributed by atoms with E-state index >= 15 is 0 Å². The lowest BCUT2D eigenvalue weighted by molar-refractivity contribution is 0.386. The molecular weight excluding hydrogens is 202 g/mol. The lowest BCUT2D eigenvalue weighted by Crippen LogP contribution is -2.18. The maximum Gasteiger partial charge on any atom is 0.217 e. The second kappa shape index (κ2) is 3.47. The quantitative estimate of drug-likeness (QED) is 0.736. The maximum absolute atomic E-state index is 5.54. The van der Waals surface area contributed by atoms with E-state index in [1.165, 1.54) is 6.42 Å². The minimum absolute atomic E-state index is 0.711. The fraction of sp³-hybridized carbons (Fsp3) is 0.500. The summed E-state index contributed by atoms with van der Waals surface area (Å²) in [4.78, 5) is 4.54. The van der Waals surface area contributed by atoms with Crippen molar-refractivity contribution in [2.24, 2.45) is 5.92 Å². The van der Waals surface area contributed by atoms with Crippen LogP contribution in [0.1, 0.15) is 24.9 Å².